The zero-order chi connectivity index (χ0) is 15.2. The maximum Gasteiger partial charge on any atom is 0.318 e. The molecule has 2 amide bonds. The Kier molecular flexibility index (Phi) is 5.48. The molecule has 4 nitrogen and oxygen atoms in total. The van der Waals surface area contributed by atoms with Crippen molar-refractivity contribution in [2.75, 3.05) is 17.7 Å². The zero-order valence-corrected chi connectivity index (χ0v) is 13.3. The minimum absolute atomic E-state index is 0.192. The van der Waals surface area contributed by atoms with E-state index in [2.05, 4.69) is 29.8 Å². The number of carbonyl (C=O) groups is 1. The van der Waals surface area contributed by atoms with Crippen molar-refractivity contribution in [1.82, 2.24) is 5.32 Å². The predicted molar refractivity (Wildman–Crippen MR) is 88.7 cm³/mol. The molecule has 2 atom stereocenters. The van der Waals surface area contributed by atoms with Gasteiger partial charge in [0.2, 0.25) is 0 Å². The fourth-order valence-corrected chi connectivity index (χ4v) is 3.04. The van der Waals surface area contributed by atoms with Gasteiger partial charge in [-0.3, -0.25) is 0 Å². The summed E-state index contributed by atoms with van der Waals surface area (Å²) in [4.78, 5) is 11.2. The van der Waals surface area contributed by atoms with E-state index < -0.39 is 0 Å². The van der Waals surface area contributed by atoms with Gasteiger partial charge in [0.1, 0.15) is 0 Å². The number of hydrogen-bond donors (Lipinski definition) is 3. The van der Waals surface area contributed by atoms with Gasteiger partial charge >= 0.3 is 6.03 Å². The normalized spacial score (nSPS) is 21.9. The third kappa shape index (κ3) is 4.66. The van der Waals surface area contributed by atoms with Gasteiger partial charge in [-0.25, -0.2) is 4.79 Å². The Morgan fingerprint density at radius 1 is 1.14 bits per heavy atom. The summed E-state index contributed by atoms with van der Waals surface area (Å²) in [6, 6.07) is 8.31. The van der Waals surface area contributed by atoms with Gasteiger partial charge in [-0.1, -0.05) is 26.7 Å². The van der Waals surface area contributed by atoms with E-state index in [1.54, 1.807) is 7.05 Å². The molecule has 1 aromatic carbocycles. The molecule has 116 valence electrons. The van der Waals surface area contributed by atoms with E-state index in [0.717, 1.165) is 23.2 Å². The second-order valence-corrected chi connectivity index (χ2v) is 6.29. The Morgan fingerprint density at radius 3 is 2.43 bits per heavy atom. The first-order valence-electron chi connectivity index (χ1n) is 7.94. The van der Waals surface area contributed by atoms with Crippen molar-refractivity contribution in [3.63, 3.8) is 0 Å². The third-order valence-corrected chi connectivity index (χ3v) is 4.40. The highest BCUT2D eigenvalue weighted by Gasteiger charge is 2.23. The molecule has 1 fully saturated rings. The van der Waals surface area contributed by atoms with Crippen LogP contribution in [0.15, 0.2) is 24.3 Å². The van der Waals surface area contributed by atoms with Gasteiger partial charge in [0.05, 0.1) is 0 Å². The average molecular weight is 289 g/mol. The van der Waals surface area contributed by atoms with Gasteiger partial charge in [0.15, 0.2) is 0 Å². The topological polar surface area (TPSA) is 53.2 Å². The Morgan fingerprint density at radius 2 is 1.81 bits per heavy atom. The van der Waals surface area contributed by atoms with Crippen LogP contribution in [-0.4, -0.2) is 19.1 Å². The van der Waals surface area contributed by atoms with Gasteiger partial charge in [0.25, 0.3) is 0 Å². The molecule has 1 aliphatic carbocycles. The largest absolute Gasteiger partial charge is 0.382 e. The maximum absolute atomic E-state index is 11.2. The summed E-state index contributed by atoms with van der Waals surface area (Å²) in [5.74, 6) is 1.61. The van der Waals surface area contributed by atoms with E-state index >= 15 is 0 Å². The molecule has 1 aromatic rings. The highest BCUT2D eigenvalue weighted by molar-refractivity contribution is 5.89. The average Bonchev–Trinajstić information content (AvgIpc) is 2.49. The lowest BCUT2D eigenvalue weighted by atomic mass is 9.79. The molecule has 0 radical (unpaired) electrons. The second kappa shape index (κ2) is 7.34. The number of carbonyl (C=O) groups excluding carboxylic acids is 1. The van der Waals surface area contributed by atoms with Crippen LogP contribution in [0.2, 0.25) is 0 Å². The van der Waals surface area contributed by atoms with Crippen molar-refractivity contribution in [2.45, 2.75) is 45.6 Å². The van der Waals surface area contributed by atoms with Crippen molar-refractivity contribution in [1.29, 1.82) is 0 Å². The predicted octanol–water partition coefficient (Wildman–Crippen LogP) is 4.06. The van der Waals surface area contributed by atoms with Crippen molar-refractivity contribution >= 4 is 17.4 Å². The van der Waals surface area contributed by atoms with Gasteiger partial charge in [-0.05, 0) is 48.9 Å². The minimum Gasteiger partial charge on any atom is -0.382 e. The van der Waals surface area contributed by atoms with Gasteiger partial charge in [0, 0.05) is 24.5 Å². The zero-order valence-electron chi connectivity index (χ0n) is 13.3. The van der Waals surface area contributed by atoms with E-state index in [0.29, 0.717) is 6.04 Å². The number of rotatable bonds is 4. The Hall–Kier alpha value is -1.71. The van der Waals surface area contributed by atoms with Gasteiger partial charge in [-0.2, -0.15) is 0 Å². The molecule has 2 rings (SSSR count). The quantitative estimate of drug-likeness (QED) is 0.782. The van der Waals surface area contributed by atoms with Crippen LogP contribution in [0.4, 0.5) is 16.2 Å². The lowest BCUT2D eigenvalue weighted by molar-refractivity contribution is 0.254. The van der Waals surface area contributed by atoms with Crippen LogP contribution in [-0.2, 0) is 0 Å². The van der Waals surface area contributed by atoms with Crippen LogP contribution in [0.1, 0.15) is 39.5 Å². The second-order valence-electron chi connectivity index (χ2n) is 6.29. The smallest absolute Gasteiger partial charge is 0.318 e. The van der Waals surface area contributed by atoms with Gasteiger partial charge < -0.3 is 16.0 Å². The minimum atomic E-state index is -0.192. The number of nitrogens with one attached hydrogen (secondary N) is 3. The number of urea groups is 1. The molecule has 0 saturated heterocycles. The molecule has 0 spiro atoms. The summed E-state index contributed by atoms with van der Waals surface area (Å²) in [6.45, 7) is 4.65. The maximum atomic E-state index is 11.2. The molecule has 21 heavy (non-hydrogen) atoms. The molecule has 0 aliphatic heterocycles. The molecule has 0 heterocycles. The van der Waals surface area contributed by atoms with Crippen molar-refractivity contribution in [2.24, 2.45) is 11.8 Å². The Bertz CT molecular complexity index is 456. The molecule has 0 bridgehead atoms. The molecule has 4 heteroatoms. The first-order valence-corrected chi connectivity index (χ1v) is 7.94. The highest BCUT2D eigenvalue weighted by atomic mass is 16.2. The van der Waals surface area contributed by atoms with Crippen LogP contribution in [0.3, 0.4) is 0 Å². The summed E-state index contributed by atoms with van der Waals surface area (Å²) < 4.78 is 0. The monoisotopic (exact) mass is 289 g/mol. The van der Waals surface area contributed by atoms with Crippen LogP contribution in [0.5, 0.6) is 0 Å². The SMILES string of the molecule is CNC(=O)Nc1ccc(NC2CCCC(C(C)C)C2)cc1. The first kappa shape index (κ1) is 15.7. The van der Waals surface area contributed by atoms with E-state index in [-0.39, 0.29) is 6.03 Å². The molecule has 1 aliphatic rings. The van der Waals surface area contributed by atoms with Crippen LogP contribution in [0, 0.1) is 11.8 Å². The molecule has 1 saturated carbocycles. The van der Waals surface area contributed by atoms with E-state index in [4.69, 9.17) is 0 Å². The number of anilines is 2. The lowest BCUT2D eigenvalue weighted by Crippen LogP contribution is -2.29. The summed E-state index contributed by atoms with van der Waals surface area (Å²) in [6.07, 6.45) is 5.19. The fourth-order valence-electron chi connectivity index (χ4n) is 3.04. The number of hydrogen-bond acceptors (Lipinski definition) is 2. The lowest BCUT2D eigenvalue weighted by Gasteiger charge is -2.32. The van der Waals surface area contributed by atoms with Crippen LogP contribution < -0.4 is 16.0 Å². The van der Waals surface area contributed by atoms with E-state index in [1.807, 2.05) is 24.3 Å². The third-order valence-electron chi connectivity index (χ3n) is 4.40. The molecule has 0 aromatic heterocycles. The summed E-state index contributed by atoms with van der Waals surface area (Å²) >= 11 is 0. The molecular formula is C17H27N3O. The van der Waals surface area contributed by atoms with Crippen molar-refractivity contribution < 1.29 is 4.79 Å². The molecular weight excluding hydrogens is 262 g/mol. The molecule has 3 N–H and O–H groups in total. The number of benzene rings is 1. The Labute approximate surface area is 127 Å². The number of amides is 2. The standard InChI is InChI=1S/C17H27N3O/c1-12(2)13-5-4-6-16(11-13)19-14-7-9-15(10-8-14)20-17(21)18-3/h7-10,12-13,16,19H,4-6,11H2,1-3H3,(H2,18,20,21). The van der Waals surface area contributed by atoms with Gasteiger partial charge in [-0.15, -0.1) is 0 Å². The first-order chi connectivity index (χ1) is 10.1. The van der Waals surface area contributed by atoms with E-state index in [9.17, 15) is 4.79 Å². The summed E-state index contributed by atoms with van der Waals surface area (Å²) in [5, 5.41) is 8.94. The molecule has 2 unspecified atom stereocenters. The summed E-state index contributed by atoms with van der Waals surface area (Å²) in [5.41, 5.74) is 1.94. The fraction of sp³-hybridized carbons (Fsp3) is 0.588. The van der Waals surface area contributed by atoms with Crippen LogP contribution in [0.25, 0.3) is 0 Å². The van der Waals surface area contributed by atoms with Crippen molar-refractivity contribution in [3.05, 3.63) is 24.3 Å². The highest BCUT2D eigenvalue weighted by Crippen LogP contribution is 2.31. The van der Waals surface area contributed by atoms with E-state index in [1.165, 1.54) is 25.7 Å². The Balaban J connectivity index is 1.89. The van der Waals surface area contributed by atoms with Crippen molar-refractivity contribution in [3.8, 4) is 0 Å². The summed E-state index contributed by atoms with van der Waals surface area (Å²) in [7, 11) is 1.61. The van der Waals surface area contributed by atoms with Crippen LogP contribution >= 0.6 is 0 Å².